The zero-order chi connectivity index (χ0) is 21.8. The predicted molar refractivity (Wildman–Crippen MR) is 109 cm³/mol. The third kappa shape index (κ3) is 4.29. The molecule has 0 saturated carbocycles. The Morgan fingerprint density at radius 3 is 2.61 bits per heavy atom. The number of hydrogen-bond acceptors (Lipinski definition) is 9. The van der Waals surface area contributed by atoms with Gasteiger partial charge in [0, 0.05) is 19.5 Å². The molecular weight excluding hydrogens is 404 g/mol. The van der Waals surface area contributed by atoms with Crippen molar-refractivity contribution in [2.24, 2.45) is 0 Å². The van der Waals surface area contributed by atoms with E-state index in [9.17, 15) is 9.59 Å². The van der Waals surface area contributed by atoms with Crippen LogP contribution < -0.4 is 11.2 Å². The van der Waals surface area contributed by atoms with E-state index >= 15 is 0 Å². The summed E-state index contributed by atoms with van der Waals surface area (Å²) in [6.45, 7) is 4.72. The first-order valence-corrected chi connectivity index (χ1v) is 10.3. The Kier molecular flexibility index (Phi) is 6.00. The molecule has 0 unspecified atom stereocenters. The first-order chi connectivity index (χ1) is 15.1. The summed E-state index contributed by atoms with van der Waals surface area (Å²) >= 11 is 0. The fourth-order valence-electron chi connectivity index (χ4n) is 3.45. The van der Waals surface area contributed by atoms with Crippen LogP contribution in [0.5, 0.6) is 0 Å². The minimum atomic E-state index is -0.341. The smallest absolute Gasteiger partial charge is 0.332 e. The molecule has 0 amide bonds. The minimum absolute atomic E-state index is 0.190. The molecule has 0 spiro atoms. The van der Waals surface area contributed by atoms with Crippen molar-refractivity contribution in [3.05, 3.63) is 32.5 Å². The van der Waals surface area contributed by atoms with E-state index in [-0.39, 0.29) is 23.0 Å². The van der Waals surface area contributed by atoms with Gasteiger partial charge in [-0.15, -0.1) is 10.2 Å². The van der Waals surface area contributed by atoms with Gasteiger partial charge in [0.25, 0.3) is 17.3 Å². The number of H-pyrrole nitrogens is 2. The number of nitrogens with one attached hydrogen (secondary N) is 2. The standard InChI is InChI=1S/C18H24N10O3/c1-3-4-6-9-27-15-13(19-11(2)20-15)17(29)28(18(27)30)10-7-5-8-12-21-16(31-24-12)14-22-25-26-23-14/h3-10H2,1-2H3,(H,19,20)(H,22,23,25,26). The highest BCUT2D eigenvalue weighted by atomic mass is 16.5. The number of aromatic amines is 2. The maximum atomic E-state index is 13.0. The van der Waals surface area contributed by atoms with E-state index in [0.717, 1.165) is 19.3 Å². The van der Waals surface area contributed by atoms with Crippen molar-refractivity contribution >= 4 is 11.2 Å². The zero-order valence-corrected chi connectivity index (χ0v) is 17.5. The van der Waals surface area contributed by atoms with E-state index in [0.29, 0.717) is 55.2 Å². The summed E-state index contributed by atoms with van der Waals surface area (Å²) in [4.78, 5) is 37.5. The van der Waals surface area contributed by atoms with Gasteiger partial charge < -0.3 is 9.51 Å². The molecule has 0 fully saturated rings. The number of unbranched alkanes of at least 4 members (excludes halogenated alkanes) is 3. The van der Waals surface area contributed by atoms with Gasteiger partial charge in [0.2, 0.25) is 0 Å². The lowest BCUT2D eigenvalue weighted by atomic mass is 10.2. The van der Waals surface area contributed by atoms with Gasteiger partial charge in [-0.3, -0.25) is 13.9 Å². The number of imidazole rings is 1. The lowest BCUT2D eigenvalue weighted by Crippen LogP contribution is -2.40. The van der Waals surface area contributed by atoms with Gasteiger partial charge in [-0.25, -0.2) is 9.78 Å². The van der Waals surface area contributed by atoms with Gasteiger partial charge in [0.15, 0.2) is 11.5 Å². The van der Waals surface area contributed by atoms with E-state index in [1.165, 1.54) is 4.57 Å². The molecule has 0 bridgehead atoms. The van der Waals surface area contributed by atoms with Crippen molar-refractivity contribution in [2.75, 3.05) is 0 Å². The molecule has 0 saturated heterocycles. The summed E-state index contributed by atoms with van der Waals surface area (Å²) in [5.74, 6) is 1.54. The monoisotopic (exact) mass is 428 g/mol. The number of hydrogen-bond donors (Lipinski definition) is 2. The van der Waals surface area contributed by atoms with Crippen molar-refractivity contribution in [3.8, 4) is 11.7 Å². The number of tetrazole rings is 1. The van der Waals surface area contributed by atoms with Crippen LogP contribution in [0.1, 0.15) is 50.7 Å². The lowest BCUT2D eigenvalue weighted by molar-refractivity contribution is 0.418. The van der Waals surface area contributed by atoms with Gasteiger partial charge in [0.05, 0.1) is 0 Å². The Labute approximate surface area is 175 Å². The quantitative estimate of drug-likeness (QED) is 0.350. The number of aryl methyl sites for hydroxylation is 3. The Balaban J connectivity index is 1.46. The average molecular weight is 428 g/mol. The van der Waals surface area contributed by atoms with Crippen LogP contribution >= 0.6 is 0 Å². The fourth-order valence-corrected chi connectivity index (χ4v) is 3.45. The van der Waals surface area contributed by atoms with Gasteiger partial charge in [-0.1, -0.05) is 24.9 Å². The molecule has 13 nitrogen and oxygen atoms in total. The van der Waals surface area contributed by atoms with Crippen molar-refractivity contribution in [2.45, 2.75) is 65.5 Å². The lowest BCUT2D eigenvalue weighted by Gasteiger charge is -2.11. The van der Waals surface area contributed by atoms with Gasteiger partial charge in [0.1, 0.15) is 11.3 Å². The Bertz CT molecular complexity index is 1260. The SMILES string of the molecule is CCCCCn1c(=O)n(CCCCc2noc(-c3nn[nH]n3)n2)c(=O)c2[nH]c(C)nc21. The minimum Gasteiger partial charge on any atom is -0.336 e. The molecule has 4 aromatic rings. The summed E-state index contributed by atoms with van der Waals surface area (Å²) < 4.78 is 8.00. The van der Waals surface area contributed by atoms with E-state index in [2.05, 4.69) is 47.7 Å². The van der Waals surface area contributed by atoms with Crippen LogP contribution in [0.15, 0.2) is 14.1 Å². The van der Waals surface area contributed by atoms with Crippen molar-refractivity contribution in [1.29, 1.82) is 0 Å². The molecule has 0 aliphatic rings. The Hall–Kier alpha value is -3.64. The van der Waals surface area contributed by atoms with Crippen LogP contribution in [-0.2, 0) is 19.5 Å². The number of fused-ring (bicyclic) bond motifs is 1. The summed E-state index contributed by atoms with van der Waals surface area (Å²) in [6, 6.07) is 0. The second-order valence-corrected chi connectivity index (χ2v) is 7.33. The summed E-state index contributed by atoms with van der Waals surface area (Å²) in [6.07, 6.45) is 4.72. The van der Waals surface area contributed by atoms with E-state index < -0.39 is 0 Å². The highest BCUT2D eigenvalue weighted by molar-refractivity contribution is 5.69. The van der Waals surface area contributed by atoms with Crippen LogP contribution in [-0.4, -0.2) is 49.9 Å². The normalized spacial score (nSPS) is 11.5. The molecule has 164 valence electrons. The van der Waals surface area contributed by atoms with E-state index in [1.807, 2.05) is 0 Å². The second-order valence-electron chi connectivity index (χ2n) is 7.33. The average Bonchev–Trinajstić information content (AvgIpc) is 3.50. The molecule has 31 heavy (non-hydrogen) atoms. The van der Waals surface area contributed by atoms with Crippen LogP contribution in [0.25, 0.3) is 22.9 Å². The number of rotatable bonds is 10. The molecule has 0 radical (unpaired) electrons. The molecule has 0 aliphatic carbocycles. The third-order valence-electron chi connectivity index (χ3n) is 5.00. The van der Waals surface area contributed by atoms with Gasteiger partial charge in [-0.05, 0) is 31.4 Å². The summed E-state index contributed by atoms with van der Waals surface area (Å²) in [5.41, 5.74) is 0.141. The van der Waals surface area contributed by atoms with Crippen LogP contribution in [0.2, 0.25) is 0 Å². The van der Waals surface area contributed by atoms with E-state index in [1.54, 1.807) is 11.5 Å². The van der Waals surface area contributed by atoms with Crippen molar-refractivity contribution in [3.63, 3.8) is 0 Å². The van der Waals surface area contributed by atoms with Crippen molar-refractivity contribution < 1.29 is 4.52 Å². The molecule has 4 heterocycles. The second kappa shape index (κ2) is 9.02. The molecule has 4 aromatic heterocycles. The first-order valence-electron chi connectivity index (χ1n) is 10.3. The van der Waals surface area contributed by atoms with Gasteiger partial charge in [-0.2, -0.15) is 10.2 Å². The van der Waals surface area contributed by atoms with Crippen LogP contribution in [0.3, 0.4) is 0 Å². The van der Waals surface area contributed by atoms with Gasteiger partial charge >= 0.3 is 5.69 Å². The topological polar surface area (TPSA) is 166 Å². The van der Waals surface area contributed by atoms with E-state index in [4.69, 9.17) is 4.52 Å². The highest BCUT2D eigenvalue weighted by Gasteiger charge is 2.17. The Morgan fingerprint density at radius 1 is 1.03 bits per heavy atom. The summed E-state index contributed by atoms with van der Waals surface area (Å²) in [5, 5.41) is 17.3. The fraction of sp³-hybridized carbons (Fsp3) is 0.556. The van der Waals surface area contributed by atoms with Crippen LogP contribution in [0, 0.1) is 6.92 Å². The molecule has 0 aliphatic heterocycles. The molecule has 2 N–H and O–H groups in total. The predicted octanol–water partition coefficient (Wildman–Crippen LogP) is 0.971. The molecule has 13 heteroatoms. The van der Waals surface area contributed by atoms with Crippen LogP contribution in [0.4, 0.5) is 0 Å². The first kappa shape index (κ1) is 20.6. The number of nitrogens with zero attached hydrogens (tertiary/aromatic N) is 8. The van der Waals surface area contributed by atoms with Crippen molar-refractivity contribution in [1.82, 2.24) is 49.9 Å². The zero-order valence-electron chi connectivity index (χ0n) is 17.5. The highest BCUT2D eigenvalue weighted by Crippen LogP contribution is 2.11. The molecule has 4 rings (SSSR count). The molecular formula is C18H24N10O3. The third-order valence-corrected chi connectivity index (χ3v) is 5.00. The maximum Gasteiger partial charge on any atom is 0.332 e. The largest absolute Gasteiger partial charge is 0.336 e. The molecule has 0 aromatic carbocycles. The number of aromatic nitrogens is 10. The maximum absolute atomic E-state index is 13.0. The summed E-state index contributed by atoms with van der Waals surface area (Å²) in [7, 11) is 0. The Morgan fingerprint density at radius 2 is 1.84 bits per heavy atom. The molecule has 0 atom stereocenters.